The number of nitro groups is 1. The average molecular weight is 509 g/mol. The van der Waals surface area contributed by atoms with Crippen LogP contribution in [0.3, 0.4) is 0 Å². The van der Waals surface area contributed by atoms with E-state index in [1.54, 1.807) is 17.7 Å². The Kier molecular flexibility index (Phi) is 7.30. The van der Waals surface area contributed by atoms with E-state index in [4.69, 9.17) is 0 Å². The lowest BCUT2D eigenvalue weighted by Crippen LogP contribution is -2.31. The maximum absolute atomic E-state index is 13.7. The standard InChI is InChI=1S/C25H28N6O4S/c1-5-6-12-36-25-28-24-26-16(4)21(23(33)27-18-9-7-8-14(2)15(18)3)22(30(24)29-25)17-10-11-20(32)19(13-17)31(34)35/h7-11,13,22,32H,5-6,12H2,1-4H3,(H,27,33)(H,26,28,29). The number of aromatic nitrogens is 3. The third-order valence-corrected chi connectivity index (χ3v) is 7.10. The number of anilines is 2. The van der Waals surface area contributed by atoms with E-state index in [-0.39, 0.29) is 5.91 Å². The Morgan fingerprint density at radius 2 is 2.06 bits per heavy atom. The third kappa shape index (κ3) is 4.92. The summed E-state index contributed by atoms with van der Waals surface area (Å²) in [5.41, 5.74) is 3.55. The van der Waals surface area contributed by atoms with Gasteiger partial charge in [-0.05, 0) is 56.0 Å². The summed E-state index contributed by atoms with van der Waals surface area (Å²) < 4.78 is 1.58. The first-order valence-electron chi connectivity index (χ1n) is 11.6. The Morgan fingerprint density at radius 3 is 2.78 bits per heavy atom. The SMILES string of the molecule is CCCCSc1nc2n(n1)C(c1ccc(O)c([N+](=O)[O-])c1)C(C(=O)Nc1cccc(C)c1C)=C(C)N2. The number of phenols is 1. The lowest BCUT2D eigenvalue weighted by Gasteiger charge is -2.28. The Morgan fingerprint density at radius 1 is 1.28 bits per heavy atom. The van der Waals surface area contributed by atoms with E-state index in [9.17, 15) is 20.0 Å². The number of carbonyl (C=O) groups is 1. The molecule has 10 nitrogen and oxygen atoms in total. The molecule has 1 aromatic heterocycles. The number of benzene rings is 2. The van der Waals surface area contributed by atoms with Gasteiger partial charge in [-0.1, -0.05) is 43.3 Å². The van der Waals surface area contributed by atoms with Gasteiger partial charge in [0.15, 0.2) is 5.75 Å². The van der Waals surface area contributed by atoms with E-state index in [2.05, 4.69) is 27.6 Å². The fourth-order valence-electron chi connectivity index (χ4n) is 4.04. The van der Waals surface area contributed by atoms with E-state index in [0.717, 1.165) is 29.7 Å². The van der Waals surface area contributed by atoms with Gasteiger partial charge in [-0.3, -0.25) is 14.9 Å². The number of fused-ring (bicyclic) bond motifs is 1. The number of allylic oxidation sites excluding steroid dienone is 1. The molecule has 0 saturated carbocycles. The number of nitrogens with zero attached hydrogens (tertiary/aromatic N) is 4. The minimum Gasteiger partial charge on any atom is -0.502 e. The molecule has 1 aliphatic heterocycles. The lowest BCUT2D eigenvalue weighted by molar-refractivity contribution is -0.385. The van der Waals surface area contributed by atoms with Crippen molar-refractivity contribution in [3.8, 4) is 5.75 Å². The zero-order chi connectivity index (χ0) is 26.0. The van der Waals surface area contributed by atoms with Crippen LogP contribution in [-0.2, 0) is 4.79 Å². The molecule has 11 heteroatoms. The van der Waals surface area contributed by atoms with E-state index in [1.807, 2.05) is 32.0 Å². The molecule has 1 amide bonds. The molecule has 0 radical (unpaired) electrons. The zero-order valence-electron chi connectivity index (χ0n) is 20.5. The molecule has 0 aliphatic carbocycles. The highest BCUT2D eigenvalue weighted by Gasteiger charge is 2.35. The topological polar surface area (TPSA) is 135 Å². The number of aromatic hydroxyl groups is 1. The normalized spacial score (nSPS) is 14.8. The third-order valence-electron chi connectivity index (χ3n) is 6.17. The highest BCUT2D eigenvalue weighted by atomic mass is 32.2. The molecule has 0 fully saturated rings. The van der Waals surface area contributed by atoms with Crippen molar-refractivity contribution in [2.45, 2.75) is 51.7 Å². The van der Waals surface area contributed by atoms with Crippen LogP contribution in [-0.4, -0.2) is 36.5 Å². The largest absolute Gasteiger partial charge is 0.502 e. The Hall–Kier alpha value is -3.86. The van der Waals surface area contributed by atoms with Crippen molar-refractivity contribution in [1.82, 2.24) is 14.8 Å². The molecule has 0 saturated heterocycles. The van der Waals surface area contributed by atoms with E-state index in [0.29, 0.717) is 33.6 Å². The van der Waals surface area contributed by atoms with E-state index >= 15 is 0 Å². The van der Waals surface area contributed by atoms with Crippen molar-refractivity contribution < 1.29 is 14.8 Å². The summed E-state index contributed by atoms with van der Waals surface area (Å²) in [7, 11) is 0. The maximum atomic E-state index is 13.7. The number of nitrogens with one attached hydrogen (secondary N) is 2. The molecule has 1 atom stereocenters. The Bertz CT molecular complexity index is 1370. The Balaban J connectivity index is 1.80. The van der Waals surface area contributed by atoms with E-state index in [1.165, 1.54) is 23.9 Å². The number of nitro benzene ring substituents is 1. The second kappa shape index (κ2) is 10.4. The van der Waals surface area contributed by atoms with Gasteiger partial charge in [-0.15, -0.1) is 5.10 Å². The minimum atomic E-state index is -0.793. The fourth-order valence-corrected chi connectivity index (χ4v) is 4.95. The second-order valence-corrected chi connectivity index (χ2v) is 9.70. The monoisotopic (exact) mass is 508 g/mol. The highest BCUT2D eigenvalue weighted by Crippen LogP contribution is 2.39. The molecular formula is C25H28N6O4S. The molecule has 3 N–H and O–H groups in total. The van der Waals surface area contributed by atoms with Gasteiger partial charge in [0.2, 0.25) is 11.1 Å². The van der Waals surface area contributed by atoms with Crippen LogP contribution in [0.2, 0.25) is 0 Å². The molecule has 0 bridgehead atoms. The average Bonchev–Trinajstić information content (AvgIpc) is 3.23. The van der Waals surface area contributed by atoms with Crippen LogP contribution in [0, 0.1) is 24.0 Å². The highest BCUT2D eigenvalue weighted by molar-refractivity contribution is 7.99. The van der Waals surface area contributed by atoms with Gasteiger partial charge in [0.25, 0.3) is 5.91 Å². The minimum absolute atomic E-state index is 0.346. The summed E-state index contributed by atoms with van der Waals surface area (Å²) in [6.07, 6.45) is 2.05. The summed E-state index contributed by atoms with van der Waals surface area (Å²) in [5.74, 6) is 0.475. The number of carbonyl (C=O) groups excluding carboxylic acids is 1. The van der Waals surface area contributed by atoms with Crippen molar-refractivity contribution in [1.29, 1.82) is 0 Å². The predicted octanol–water partition coefficient (Wildman–Crippen LogP) is 5.33. The first-order valence-corrected chi connectivity index (χ1v) is 12.6. The van der Waals surface area contributed by atoms with Gasteiger partial charge >= 0.3 is 5.69 Å². The molecule has 2 heterocycles. The summed E-state index contributed by atoms with van der Waals surface area (Å²) >= 11 is 1.51. The molecule has 36 heavy (non-hydrogen) atoms. The Labute approximate surface area is 213 Å². The summed E-state index contributed by atoms with van der Waals surface area (Å²) in [6.45, 7) is 7.77. The van der Waals surface area contributed by atoms with Crippen LogP contribution in [0.4, 0.5) is 17.3 Å². The van der Waals surface area contributed by atoms with Gasteiger partial charge in [-0.25, -0.2) is 4.68 Å². The van der Waals surface area contributed by atoms with Crippen molar-refractivity contribution >= 4 is 35.0 Å². The summed E-state index contributed by atoms with van der Waals surface area (Å²) in [5, 5.41) is 32.9. The molecule has 188 valence electrons. The molecule has 1 unspecified atom stereocenters. The van der Waals surface area contributed by atoms with Gasteiger partial charge in [-0.2, -0.15) is 4.98 Å². The smallest absolute Gasteiger partial charge is 0.311 e. The van der Waals surface area contributed by atoms with Gasteiger partial charge in [0.1, 0.15) is 6.04 Å². The second-order valence-electron chi connectivity index (χ2n) is 8.64. The zero-order valence-corrected chi connectivity index (χ0v) is 21.3. The number of hydrogen-bond donors (Lipinski definition) is 3. The summed E-state index contributed by atoms with van der Waals surface area (Å²) in [4.78, 5) is 29.2. The number of amides is 1. The number of phenolic OH excluding ortho intramolecular Hbond substituents is 1. The molecule has 2 aromatic carbocycles. The van der Waals surface area contributed by atoms with Crippen LogP contribution in [0.15, 0.2) is 52.8 Å². The van der Waals surface area contributed by atoms with Crippen molar-refractivity contribution in [2.75, 3.05) is 16.4 Å². The first kappa shape index (κ1) is 25.2. The quantitative estimate of drug-likeness (QED) is 0.161. The van der Waals surface area contributed by atoms with Crippen LogP contribution in [0.1, 0.15) is 49.4 Å². The molecule has 4 rings (SSSR count). The number of aryl methyl sites for hydroxylation is 1. The maximum Gasteiger partial charge on any atom is 0.311 e. The summed E-state index contributed by atoms with van der Waals surface area (Å²) in [6, 6.07) is 8.97. The number of unbranched alkanes of at least 4 members (excludes halogenated alkanes) is 1. The van der Waals surface area contributed by atoms with E-state index < -0.39 is 22.4 Å². The van der Waals surface area contributed by atoms with Crippen LogP contribution >= 0.6 is 11.8 Å². The van der Waals surface area contributed by atoms with Crippen molar-refractivity contribution in [3.05, 3.63) is 74.5 Å². The number of thioether (sulfide) groups is 1. The fraction of sp³-hybridized carbons (Fsp3) is 0.320. The van der Waals surface area contributed by atoms with Crippen LogP contribution < -0.4 is 10.6 Å². The molecule has 1 aliphatic rings. The number of hydrogen-bond acceptors (Lipinski definition) is 8. The van der Waals surface area contributed by atoms with Crippen molar-refractivity contribution in [2.24, 2.45) is 0 Å². The van der Waals surface area contributed by atoms with Gasteiger partial charge in [0.05, 0.1) is 10.5 Å². The predicted molar refractivity (Wildman–Crippen MR) is 139 cm³/mol. The van der Waals surface area contributed by atoms with Crippen LogP contribution in [0.5, 0.6) is 5.75 Å². The number of rotatable bonds is 8. The molecule has 0 spiro atoms. The first-order chi connectivity index (χ1) is 17.2. The van der Waals surface area contributed by atoms with Gasteiger partial charge < -0.3 is 15.7 Å². The lowest BCUT2D eigenvalue weighted by atomic mass is 9.94. The van der Waals surface area contributed by atoms with Gasteiger partial charge in [0, 0.05) is 23.2 Å². The molecular weight excluding hydrogens is 480 g/mol. The molecule has 3 aromatic rings. The van der Waals surface area contributed by atoms with Crippen LogP contribution in [0.25, 0.3) is 0 Å². The van der Waals surface area contributed by atoms with Crippen molar-refractivity contribution in [3.63, 3.8) is 0 Å².